The Kier molecular flexibility index (Phi) is 13.3. The molecule has 2 heterocycles. The highest BCUT2D eigenvalue weighted by atomic mass is 16.7. The van der Waals surface area contributed by atoms with Crippen molar-refractivity contribution in [3.05, 3.63) is 23.8 Å². The number of carbonyl (C=O) groups excluding carboxylic acids is 2. The Bertz CT molecular complexity index is 856. The first-order chi connectivity index (χ1) is 18.3. The molecule has 0 aromatic rings. The first kappa shape index (κ1) is 33.6. The molecule has 0 unspecified atom stereocenters. The van der Waals surface area contributed by atoms with Gasteiger partial charge in [-0.2, -0.15) is 0 Å². The lowest BCUT2D eigenvalue weighted by Gasteiger charge is -2.43. The maximum absolute atomic E-state index is 13.1. The Morgan fingerprint density at radius 2 is 1.69 bits per heavy atom. The predicted octanol–water partition coefficient (Wildman–Crippen LogP) is 2.86. The van der Waals surface area contributed by atoms with E-state index < -0.39 is 36.5 Å². The monoisotopic (exact) mass is 552 g/mol. The number of esters is 1. The van der Waals surface area contributed by atoms with Crippen molar-refractivity contribution in [1.29, 1.82) is 0 Å². The molecular weight excluding hydrogens is 498 g/mol. The average molecular weight is 553 g/mol. The van der Waals surface area contributed by atoms with Gasteiger partial charge in [-0.1, -0.05) is 58.8 Å². The minimum atomic E-state index is -1.02. The zero-order valence-electron chi connectivity index (χ0n) is 25.6. The van der Waals surface area contributed by atoms with Crippen LogP contribution in [0.5, 0.6) is 0 Å². The first-order valence-corrected chi connectivity index (χ1v) is 14.9. The van der Waals surface area contributed by atoms with Crippen molar-refractivity contribution < 1.29 is 38.9 Å². The molecule has 0 spiro atoms. The third kappa shape index (κ3) is 9.49. The third-order valence-corrected chi connectivity index (χ3v) is 8.62. The van der Waals surface area contributed by atoms with Crippen LogP contribution in [0, 0.1) is 23.7 Å². The molecule has 3 N–H and O–H groups in total. The molecule has 11 atom stereocenters. The summed E-state index contributed by atoms with van der Waals surface area (Å²) in [5, 5.41) is 22.4. The fourth-order valence-electron chi connectivity index (χ4n) is 5.97. The number of aliphatic hydroxyl groups excluding tert-OH is 2. The topological polar surface area (TPSA) is 107 Å². The van der Waals surface area contributed by atoms with Gasteiger partial charge in [-0.3, -0.25) is 9.59 Å². The summed E-state index contributed by atoms with van der Waals surface area (Å²) in [7, 11) is 4.01. The second-order valence-electron chi connectivity index (χ2n) is 12.2. The summed E-state index contributed by atoms with van der Waals surface area (Å²) in [6, 6.07) is -0.0601. The van der Waals surface area contributed by atoms with E-state index in [4.69, 9.17) is 14.2 Å². The molecule has 0 aromatic heterocycles. The molecule has 0 amide bonds. The number of quaternary nitrogens is 1. The van der Waals surface area contributed by atoms with E-state index in [1.165, 1.54) is 0 Å². The molecule has 1 fully saturated rings. The molecule has 2 aliphatic rings. The highest BCUT2D eigenvalue weighted by molar-refractivity contribution is 5.91. The van der Waals surface area contributed by atoms with Gasteiger partial charge in [0.15, 0.2) is 18.2 Å². The average Bonchev–Trinajstić information content (AvgIpc) is 2.87. The number of cyclic esters (lactones) is 1. The summed E-state index contributed by atoms with van der Waals surface area (Å²) in [6.07, 6.45) is 4.17. The molecule has 2 rings (SSSR count). The van der Waals surface area contributed by atoms with Crippen molar-refractivity contribution in [3.8, 4) is 0 Å². The van der Waals surface area contributed by atoms with Crippen molar-refractivity contribution in [2.45, 2.75) is 123 Å². The van der Waals surface area contributed by atoms with Gasteiger partial charge in [0, 0.05) is 24.2 Å². The lowest BCUT2D eigenvalue weighted by atomic mass is 9.80. The highest BCUT2D eigenvalue weighted by Gasteiger charge is 2.44. The third-order valence-electron chi connectivity index (χ3n) is 8.62. The van der Waals surface area contributed by atoms with E-state index in [2.05, 4.69) is 0 Å². The van der Waals surface area contributed by atoms with E-state index in [-0.39, 0.29) is 48.2 Å². The molecule has 224 valence electrons. The molecule has 8 nitrogen and oxygen atoms in total. The van der Waals surface area contributed by atoms with E-state index in [0.717, 1.165) is 10.5 Å². The summed E-state index contributed by atoms with van der Waals surface area (Å²) in [4.78, 5) is 27.1. The number of rotatable bonds is 5. The van der Waals surface area contributed by atoms with Crippen molar-refractivity contribution in [2.24, 2.45) is 23.7 Å². The molecule has 0 saturated carbocycles. The maximum Gasteiger partial charge on any atom is 0.308 e. The number of nitrogens with one attached hydrogen (secondary N) is 1. The van der Waals surface area contributed by atoms with E-state index in [0.29, 0.717) is 25.7 Å². The minimum Gasteiger partial charge on any atom is -0.462 e. The van der Waals surface area contributed by atoms with Crippen LogP contribution in [0.2, 0.25) is 0 Å². The Balaban J connectivity index is 2.43. The van der Waals surface area contributed by atoms with Crippen molar-refractivity contribution in [3.63, 3.8) is 0 Å². The molecule has 0 bridgehead atoms. The van der Waals surface area contributed by atoms with Crippen molar-refractivity contribution >= 4 is 11.8 Å². The lowest BCUT2D eigenvalue weighted by molar-refractivity contribution is -0.893. The van der Waals surface area contributed by atoms with Gasteiger partial charge in [0.1, 0.15) is 12.1 Å². The maximum atomic E-state index is 13.1. The first-order valence-electron chi connectivity index (χ1n) is 14.9. The summed E-state index contributed by atoms with van der Waals surface area (Å²) in [5.74, 6) is -1.29. The number of carbonyl (C=O) groups is 2. The Hall–Kier alpha value is -1.58. The largest absolute Gasteiger partial charge is 0.462 e. The molecule has 0 radical (unpaired) electrons. The van der Waals surface area contributed by atoms with Gasteiger partial charge in [-0.15, -0.1) is 0 Å². The van der Waals surface area contributed by atoms with Gasteiger partial charge in [-0.05, 0) is 38.7 Å². The van der Waals surface area contributed by atoms with Crippen LogP contribution >= 0.6 is 0 Å². The zero-order valence-corrected chi connectivity index (χ0v) is 25.6. The summed E-state index contributed by atoms with van der Waals surface area (Å²) < 4.78 is 18.4. The van der Waals surface area contributed by atoms with Gasteiger partial charge < -0.3 is 29.3 Å². The van der Waals surface area contributed by atoms with Gasteiger partial charge in [0.05, 0.1) is 38.8 Å². The fraction of sp³-hybridized carbons (Fsp3) is 0.806. The molecule has 0 aliphatic carbocycles. The highest BCUT2D eigenvalue weighted by Crippen LogP contribution is 2.33. The Morgan fingerprint density at radius 3 is 2.28 bits per heavy atom. The van der Waals surface area contributed by atoms with Crippen LogP contribution in [0.25, 0.3) is 0 Å². The molecule has 2 aliphatic heterocycles. The van der Waals surface area contributed by atoms with E-state index in [1.54, 1.807) is 6.08 Å². The Morgan fingerprint density at radius 1 is 1.03 bits per heavy atom. The Labute approximate surface area is 235 Å². The van der Waals surface area contributed by atoms with Crippen LogP contribution in [-0.4, -0.2) is 78.9 Å². The van der Waals surface area contributed by atoms with Crippen LogP contribution in [0.1, 0.15) is 80.6 Å². The van der Waals surface area contributed by atoms with Gasteiger partial charge in [-0.25, -0.2) is 0 Å². The molecule has 0 aromatic carbocycles. The van der Waals surface area contributed by atoms with Crippen LogP contribution in [0.4, 0.5) is 0 Å². The van der Waals surface area contributed by atoms with E-state index in [1.807, 2.05) is 74.7 Å². The SMILES string of the molecule is CC[C@H]1C[C@@H](C)C(=O)/C=C/C(C)=C/[C@H](C)[C@@H](CC)OC(=O)C[C@@H](O)[C@H](C)[C@H]1O[C@H]1O[C@H](C)C[C@H]([NH+](C)C)[C@H]1O. The molecule has 39 heavy (non-hydrogen) atoms. The molecule has 8 heteroatoms. The number of ketones is 1. The van der Waals surface area contributed by atoms with Gasteiger partial charge in [0.2, 0.25) is 0 Å². The standard InChI is InChI=1S/C31H53NO7/c1-10-23-15-19(4)25(33)13-12-18(3)14-20(5)27(11-2)38-28(35)17-26(34)22(7)30(23)39-31-29(36)24(32(8)9)16-21(6)37-31/h12-14,19-24,26-27,29-31,34,36H,10-11,15-17H2,1-9H3/p+1/b13-12+,18-14+/t19-,20+,21-,22+,23+,24+,26-,27-,29-,30-,31-/m1/s1. The summed E-state index contributed by atoms with van der Waals surface area (Å²) in [5.41, 5.74) is 0.932. The van der Waals surface area contributed by atoms with Gasteiger partial charge >= 0.3 is 5.97 Å². The van der Waals surface area contributed by atoms with Crippen LogP contribution in [-0.2, 0) is 23.8 Å². The second kappa shape index (κ2) is 15.4. The van der Waals surface area contributed by atoms with E-state index in [9.17, 15) is 19.8 Å². The smallest absolute Gasteiger partial charge is 0.308 e. The molecular formula is C31H54NO7+. The molecule has 1 saturated heterocycles. The number of allylic oxidation sites excluding steroid dienone is 3. The second-order valence-corrected chi connectivity index (χ2v) is 12.2. The quantitative estimate of drug-likeness (QED) is 0.451. The number of likely N-dealkylation sites (N-methyl/N-ethyl adjacent to an activating group) is 1. The van der Waals surface area contributed by atoms with Crippen molar-refractivity contribution in [1.82, 2.24) is 0 Å². The van der Waals surface area contributed by atoms with Crippen molar-refractivity contribution in [2.75, 3.05) is 14.1 Å². The fourth-order valence-corrected chi connectivity index (χ4v) is 5.97. The van der Waals surface area contributed by atoms with Crippen LogP contribution < -0.4 is 4.90 Å². The number of hydrogen-bond acceptors (Lipinski definition) is 7. The van der Waals surface area contributed by atoms with Gasteiger partial charge in [0.25, 0.3) is 0 Å². The predicted molar refractivity (Wildman–Crippen MR) is 151 cm³/mol. The number of aliphatic hydroxyl groups is 2. The lowest BCUT2D eigenvalue weighted by Crippen LogP contribution is -3.12. The normalized spacial score (nSPS) is 42.1. The minimum absolute atomic E-state index is 0.0326. The van der Waals surface area contributed by atoms with Crippen LogP contribution in [0.15, 0.2) is 23.8 Å². The zero-order chi connectivity index (χ0) is 29.4. The van der Waals surface area contributed by atoms with Crippen LogP contribution in [0.3, 0.4) is 0 Å². The summed E-state index contributed by atoms with van der Waals surface area (Å²) in [6.45, 7) is 13.7. The van der Waals surface area contributed by atoms with E-state index >= 15 is 0 Å². The number of ether oxygens (including phenoxy) is 3. The number of hydrogen-bond donors (Lipinski definition) is 3. The summed E-state index contributed by atoms with van der Waals surface area (Å²) >= 11 is 0.